The second-order valence-electron chi connectivity index (χ2n) is 22.4. The zero-order valence-corrected chi connectivity index (χ0v) is 38.9. The maximum absolute atomic E-state index is 13.6. The Hall–Kier alpha value is -2.59. The lowest BCUT2D eigenvalue weighted by molar-refractivity contribution is -0.221. The van der Waals surface area contributed by atoms with Crippen LogP contribution in [0.1, 0.15) is 150 Å². The normalized spacial score (nSPS) is 39.8. The number of hydrogen-bond acceptors (Lipinski definition) is 6. The van der Waals surface area contributed by atoms with Crippen molar-refractivity contribution in [3.63, 3.8) is 0 Å². The van der Waals surface area contributed by atoms with Gasteiger partial charge in [-0.1, -0.05) is 65.3 Å². The molecule has 1 aromatic heterocycles. The third-order valence-corrected chi connectivity index (χ3v) is 19.3. The molecule has 6 aliphatic carbocycles. The number of halogens is 3. The molecule has 10 atom stereocenters. The number of carbonyl (C=O) groups excluding carboxylic acids is 1. The zero-order valence-electron chi connectivity index (χ0n) is 38.9. The van der Waals surface area contributed by atoms with Gasteiger partial charge in [-0.3, -0.25) is 9.48 Å². The highest BCUT2D eigenvalue weighted by atomic mass is 19.4. The van der Waals surface area contributed by atoms with Crippen molar-refractivity contribution in [2.75, 3.05) is 39.4 Å². The number of hydrogen-bond donors (Lipinski definition) is 1. The molecule has 7 aliphatic rings. The first-order valence-corrected chi connectivity index (χ1v) is 24.2. The van der Waals surface area contributed by atoms with E-state index in [4.69, 9.17) is 9.47 Å². The van der Waals surface area contributed by atoms with Crippen LogP contribution in [0.4, 0.5) is 13.2 Å². The number of rotatable bonds is 11. The molecule has 61 heavy (non-hydrogen) atoms. The third-order valence-electron chi connectivity index (χ3n) is 19.3. The van der Waals surface area contributed by atoms with E-state index in [1.54, 1.807) is 6.92 Å². The van der Waals surface area contributed by atoms with Crippen molar-refractivity contribution in [2.45, 2.75) is 156 Å². The monoisotopic (exact) mass is 851 g/mol. The van der Waals surface area contributed by atoms with Gasteiger partial charge in [-0.15, -0.1) is 5.10 Å². The fourth-order valence-electron chi connectivity index (χ4n) is 16.0. The molecule has 0 aromatic carbocycles. The van der Waals surface area contributed by atoms with Crippen LogP contribution in [0.25, 0.3) is 0 Å². The molecular formula is C51H77F3N4O3. The predicted octanol–water partition coefficient (Wildman–Crippen LogP) is 11.5. The number of carbonyl (C=O) groups is 1. The molecule has 10 heteroatoms. The molecular weight excluding hydrogens is 774 g/mol. The minimum atomic E-state index is -4.55. The molecule has 0 amide bonds. The fourth-order valence-corrected chi connectivity index (χ4v) is 16.0. The number of alkyl halides is 3. The summed E-state index contributed by atoms with van der Waals surface area (Å²) < 4.78 is 52.8. The van der Waals surface area contributed by atoms with Crippen molar-refractivity contribution < 1.29 is 27.4 Å². The summed E-state index contributed by atoms with van der Waals surface area (Å²) in [7, 11) is 1.25. The van der Waals surface area contributed by atoms with Crippen LogP contribution in [0, 0.1) is 56.7 Å². The highest BCUT2D eigenvalue weighted by molar-refractivity contribution is 5.78. The topological polar surface area (TPSA) is 68.6 Å². The van der Waals surface area contributed by atoms with E-state index in [-0.39, 0.29) is 52.3 Å². The lowest BCUT2D eigenvalue weighted by atomic mass is 9.33. The molecule has 0 spiro atoms. The van der Waals surface area contributed by atoms with Gasteiger partial charge in [0.25, 0.3) is 0 Å². The molecule has 340 valence electrons. The van der Waals surface area contributed by atoms with E-state index in [1.165, 1.54) is 114 Å². The van der Waals surface area contributed by atoms with Crippen LogP contribution in [0.2, 0.25) is 0 Å². The SMILES string of the molecule is C=C(C)[C@@H]1CC[C@]2(NCCN3CCCCC3)CC[C@]3(C)[C@H](CC[C@@H]4[C@@]5(C)CC=C(C6=CCC(COc7cc(C(F)(F)F)n(C)n7)(C(=O)OCC)CC6)C(C)(C)[C@@H]5CC[C@]43C)[C@@H]12. The molecule has 5 fully saturated rings. The highest BCUT2D eigenvalue weighted by Gasteiger charge is 2.70. The number of likely N-dealkylation sites (tertiary alicyclic amines) is 1. The van der Waals surface area contributed by atoms with Crippen molar-refractivity contribution in [1.82, 2.24) is 20.0 Å². The second-order valence-corrected chi connectivity index (χ2v) is 22.4. The number of fused-ring (bicyclic) bond motifs is 7. The van der Waals surface area contributed by atoms with Crippen LogP contribution < -0.4 is 10.1 Å². The van der Waals surface area contributed by atoms with Gasteiger partial charge in [-0.2, -0.15) is 13.2 Å². The first kappa shape index (κ1) is 45.0. The van der Waals surface area contributed by atoms with E-state index in [2.05, 4.69) is 75.6 Å². The van der Waals surface area contributed by atoms with E-state index >= 15 is 0 Å². The average Bonchev–Trinajstić information content (AvgIpc) is 3.79. The highest BCUT2D eigenvalue weighted by Crippen LogP contribution is 2.76. The van der Waals surface area contributed by atoms with Crippen molar-refractivity contribution in [2.24, 2.45) is 63.7 Å². The lowest BCUT2D eigenvalue weighted by Gasteiger charge is -2.72. The van der Waals surface area contributed by atoms with Crippen LogP contribution in [0.15, 0.2) is 41.5 Å². The Labute approximate surface area is 365 Å². The Balaban J connectivity index is 1.01. The van der Waals surface area contributed by atoms with Crippen LogP contribution in [-0.2, 0) is 22.8 Å². The van der Waals surface area contributed by atoms with Gasteiger partial charge in [0.2, 0.25) is 5.88 Å². The molecule has 7 nitrogen and oxygen atoms in total. The molecule has 8 rings (SSSR count). The van der Waals surface area contributed by atoms with Crippen molar-refractivity contribution >= 4 is 5.97 Å². The van der Waals surface area contributed by atoms with Gasteiger partial charge in [-0.25, -0.2) is 0 Å². The first-order valence-electron chi connectivity index (χ1n) is 24.2. The zero-order chi connectivity index (χ0) is 43.8. The minimum absolute atomic E-state index is 0.0448. The molecule has 1 unspecified atom stereocenters. The smallest absolute Gasteiger partial charge is 0.433 e. The van der Waals surface area contributed by atoms with Crippen molar-refractivity contribution in [1.29, 1.82) is 0 Å². The third kappa shape index (κ3) is 7.39. The van der Waals surface area contributed by atoms with Gasteiger partial charge < -0.3 is 19.7 Å². The number of aromatic nitrogens is 2. The molecule has 1 saturated heterocycles. The Morgan fingerprint density at radius 2 is 1.69 bits per heavy atom. The summed E-state index contributed by atoms with van der Waals surface area (Å²) in [6.07, 6.45) is 17.3. The fraction of sp³-hybridized carbons (Fsp3) is 0.804. The average molecular weight is 851 g/mol. The minimum Gasteiger partial charge on any atom is -0.475 e. The van der Waals surface area contributed by atoms with E-state index < -0.39 is 17.3 Å². The van der Waals surface area contributed by atoms with Crippen LogP contribution in [0.5, 0.6) is 5.88 Å². The Bertz CT molecular complexity index is 1900. The summed E-state index contributed by atoms with van der Waals surface area (Å²) in [5.74, 6) is 2.67. The maximum Gasteiger partial charge on any atom is 0.433 e. The Morgan fingerprint density at radius 1 is 0.934 bits per heavy atom. The largest absolute Gasteiger partial charge is 0.475 e. The summed E-state index contributed by atoms with van der Waals surface area (Å²) in [5.41, 5.74) is 3.17. The number of nitrogens with one attached hydrogen (secondary N) is 1. The van der Waals surface area contributed by atoms with Crippen LogP contribution in [-0.4, -0.2) is 65.6 Å². The molecule has 1 aliphatic heterocycles. The van der Waals surface area contributed by atoms with Gasteiger partial charge in [0.1, 0.15) is 17.7 Å². The standard InChI is InChI=1S/C51H77F3N4O3/c1-10-60-44(59)49(33-61-42-32-41(51(52,53)54)57(9)56-42)23-16-35(17-24-49)37-19-21-46(6)39(45(37,4)5)20-22-48(8)40(46)15-14-38-43-36(34(2)3)18-25-50(43,27-26-47(38,48)7)55-28-31-58-29-12-11-13-30-58/h16,19,32,36,38-40,43,55H,2,10-15,17-18,20-31,33H2,1,3-9H3/t36-,38+,39-,40+,43+,46-,47+,48+,49?,50-/m0/s1. The van der Waals surface area contributed by atoms with E-state index in [9.17, 15) is 18.0 Å². The van der Waals surface area contributed by atoms with E-state index in [0.717, 1.165) is 23.7 Å². The number of aryl methyl sites for hydroxylation is 1. The summed E-state index contributed by atoms with van der Waals surface area (Å²) in [4.78, 5) is 16.3. The van der Waals surface area contributed by atoms with Gasteiger partial charge in [-0.05, 0) is 179 Å². The predicted molar refractivity (Wildman–Crippen MR) is 236 cm³/mol. The number of nitrogens with zero attached hydrogens (tertiary/aromatic N) is 3. The Kier molecular flexibility index (Phi) is 11.9. The quantitative estimate of drug-likeness (QED) is 0.177. The number of ether oxygens (including phenoxy) is 2. The molecule has 1 aromatic rings. The van der Waals surface area contributed by atoms with Gasteiger partial charge in [0.15, 0.2) is 0 Å². The van der Waals surface area contributed by atoms with Crippen LogP contribution >= 0.6 is 0 Å². The molecule has 0 radical (unpaired) electrons. The van der Waals surface area contributed by atoms with Gasteiger partial charge in [0.05, 0.1) is 6.61 Å². The summed E-state index contributed by atoms with van der Waals surface area (Å²) in [6, 6.07) is 0.904. The second kappa shape index (κ2) is 16.1. The molecule has 1 N–H and O–H groups in total. The van der Waals surface area contributed by atoms with Crippen molar-refractivity contribution in [3.05, 3.63) is 47.2 Å². The summed E-state index contributed by atoms with van der Waals surface area (Å²) in [5, 5.41) is 8.29. The van der Waals surface area contributed by atoms with E-state index in [0.29, 0.717) is 48.9 Å². The van der Waals surface area contributed by atoms with E-state index in [1.807, 2.05) is 0 Å². The first-order chi connectivity index (χ1) is 28.7. The summed E-state index contributed by atoms with van der Waals surface area (Å²) in [6.45, 7) is 26.8. The molecule has 4 saturated carbocycles. The van der Waals surface area contributed by atoms with Gasteiger partial charge in [0, 0.05) is 31.7 Å². The lowest BCUT2D eigenvalue weighted by Crippen LogP contribution is -2.68. The van der Waals surface area contributed by atoms with Crippen molar-refractivity contribution in [3.8, 4) is 5.88 Å². The Morgan fingerprint density at radius 3 is 2.34 bits per heavy atom. The van der Waals surface area contributed by atoms with Crippen LogP contribution in [0.3, 0.4) is 0 Å². The maximum atomic E-state index is 13.6. The van der Waals surface area contributed by atoms with Gasteiger partial charge >= 0.3 is 12.1 Å². The number of allylic oxidation sites excluding steroid dienone is 5. The molecule has 0 bridgehead atoms. The summed E-state index contributed by atoms with van der Waals surface area (Å²) >= 11 is 0. The number of esters is 1. The molecule has 2 heterocycles. The number of piperidine rings is 1.